The van der Waals surface area contributed by atoms with Gasteiger partial charge in [0.1, 0.15) is 96.1 Å². The molecule has 3 saturated heterocycles. The number of benzene rings is 4. The molecule has 3 fully saturated rings. The van der Waals surface area contributed by atoms with E-state index in [4.69, 9.17) is 68.8 Å². The van der Waals surface area contributed by atoms with Crippen molar-refractivity contribution in [2.75, 3.05) is 62.3 Å². The van der Waals surface area contributed by atoms with E-state index in [0.29, 0.717) is 35.1 Å². The first kappa shape index (κ1) is 123. The average Bonchev–Trinajstić information content (AvgIpc) is 1.64. The summed E-state index contributed by atoms with van der Waals surface area (Å²) in [6.07, 6.45) is -2.73. The average molecular weight is 2170 g/mol. The van der Waals surface area contributed by atoms with Gasteiger partial charge in [-0.05, 0) is 111 Å². The number of phenols is 2. The Morgan fingerprint density at radius 1 is 0.407 bits per heavy atom. The van der Waals surface area contributed by atoms with Crippen molar-refractivity contribution in [3.63, 3.8) is 0 Å². The Morgan fingerprint density at radius 3 is 1.29 bits per heavy atom. The molecule has 0 bridgehead atoms. The van der Waals surface area contributed by atoms with Gasteiger partial charge in [0.15, 0.2) is 11.9 Å². The molecule has 150 heavy (non-hydrogen) atoms. The van der Waals surface area contributed by atoms with Crippen LogP contribution in [0.2, 0.25) is 0 Å². The van der Waals surface area contributed by atoms with Gasteiger partial charge in [-0.3, -0.25) is 115 Å². The van der Waals surface area contributed by atoms with Gasteiger partial charge in [0.2, 0.25) is 130 Å². The Kier molecular flexibility index (Phi) is 52.1. The van der Waals surface area contributed by atoms with Gasteiger partial charge in [0, 0.05) is 87.7 Å². The minimum absolute atomic E-state index is 0.00106. The fraction of sp³-hybridized carbons (Fsp3) is 0.478. The molecule has 54 nitrogen and oxygen atoms in total. The minimum Gasteiger partial charge on any atom is -0.508 e. The molecule has 0 spiro atoms. The number of aliphatic imine (C=N–C) groups is 2. The molecule has 0 aromatic heterocycles. The first-order chi connectivity index (χ1) is 71.1. The third kappa shape index (κ3) is 43.6. The van der Waals surface area contributed by atoms with E-state index in [-0.39, 0.29) is 137 Å². The second-order valence-electron chi connectivity index (χ2n) is 35.0. The highest BCUT2D eigenvalue weighted by Crippen LogP contribution is 2.28. The summed E-state index contributed by atoms with van der Waals surface area (Å²) in [5.74, 6) is -21.1. The van der Waals surface area contributed by atoms with E-state index >= 15 is 0 Å². The Hall–Kier alpha value is -15.3. The van der Waals surface area contributed by atoms with Crippen LogP contribution in [-0.4, -0.2) is 321 Å². The van der Waals surface area contributed by atoms with Gasteiger partial charge >= 0.3 is 0 Å². The third-order valence-corrected chi connectivity index (χ3v) is 26.3. The SMILES string of the molecule is NC(=O)CCC(NC(=O)C(Cc1ccccc1)NC(=O)C(Cc1ccc(O)cc1)NC(=O)C(N)CS)C(=O)NC(CC(N)=O)C(=O)NC(CS)C(=O)N1CCCC1C(=O)NC(CCCN=C(N)N)C(=O)NCC(N)=O.NC(=O)CC[C@@H]1NC(=O)[C@H](Cc2ccccc2)NC(=O)[C@H](Cc2ccc(O)cc2)NC(=O)[C@@H](N)CSSC[C@@H](C(=O)N2CCC[C@H]2C(=O)N[C@@H](CCCN=C(N)N)C(=O)NCC(N)=O)NC(=O)[C@H](CC(N)=O)NC1=O. The Bertz CT molecular complexity index is 5440. The standard InChI is InChI=1S/C46H65N15O12S2.C46H67N15O12S2/c47-27-22-74-75-23-33(45(73)61-17-5-9-34(61)44(72)56-28(8-4-16-53-46(51)52)39(67)54-21-37(50)65)60-43(71)32(20-36(49)64)59-40(68)29(14-15-35(48)63)55-41(69)31(18-24-6-2-1-3-7-24)58-42(70)30(57-38(27)66)19-25-10-12-26(62)13-11-25;47-27(22-74)38(66)57-30(19-25-10-12-26(62)13-11-25)42(70)58-31(18-24-6-2-1-3-7-24)41(69)55-29(14-15-35(48)63)40(68)59-32(20-36(49)64)43(71)60-33(23-75)45(73)61-17-5-9-34(61)44(72)56-28(8-4-16-53-46(51)52)39(67)54-21-37(50)65/h1-3,6-7,10-13,27-34,62H,4-5,8-9,14-23,47H2,(H2,48,63)(H2,49,64)(H2,50,65)(H,54,67)(H,55,69)(H,56,72)(H,57,66)(H,58,70)(H,59,68)(H,60,71)(H4,51,52,53);1-3,6-7,10-13,27-34,62,74-75H,4-5,8-9,14-23,47H2,(H2,48,63)(H2,49,64)(H2,50,65)(H,54,67)(H,55,69)(H,56,72)(H,57,66)(H,58,70)(H,59,68)(H,60,71)(H4,51,52,53)/t27-,28-,29-,30-,31-,32-,33-,34-;/m0./s1. The molecular formula is C92H132N30O24S4. The fourth-order valence-corrected chi connectivity index (χ4v) is 18.1. The summed E-state index contributed by atoms with van der Waals surface area (Å²) in [5.41, 5.74) is 68.2. The molecule has 3 aliphatic rings. The number of rotatable bonds is 50. The van der Waals surface area contributed by atoms with Crippen LogP contribution in [0.4, 0.5) is 0 Å². The molecule has 3 heterocycles. The Balaban J connectivity index is 0.000000458. The van der Waals surface area contributed by atoms with E-state index in [2.05, 4.69) is 110 Å². The molecule has 7 rings (SSSR count). The molecule has 8 unspecified atom stereocenters. The number of nitrogens with two attached hydrogens (primary N) is 12. The number of amides is 22. The van der Waals surface area contributed by atoms with Crippen molar-refractivity contribution < 1.29 is 116 Å². The topological polar surface area (TPSA) is 928 Å². The van der Waals surface area contributed by atoms with Gasteiger partial charge < -0.3 is 163 Å². The van der Waals surface area contributed by atoms with Crippen LogP contribution in [0.1, 0.15) is 112 Å². The zero-order valence-electron chi connectivity index (χ0n) is 81.7. The zero-order chi connectivity index (χ0) is 111. The minimum atomic E-state index is -1.80. The molecule has 22 amide bonds. The van der Waals surface area contributed by atoms with Crippen LogP contribution in [0.15, 0.2) is 119 Å². The highest BCUT2D eigenvalue weighted by Gasteiger charge is 2.44. The molecule has 4 aromatic carbocycles. The molecule has 818 valence electrons. The highest BCUT2D eigenvalue weighted by molar-refractivity contribution is 8.76. The van der Waals surface area contributed by atoms with E-state index in [1.807, 2.05) is 0 Å². The largest absolute Gasteiger partial charge is 0.508 e. The van der Waals surface area contributed by atoms with Crippen LogP contribution in [0, 0.1) is 0 Å². The Labute approximate surface area is 880 Å². The van der Waals surface area contributed by atoms with Crippen molar-refractivity contribution in [1.82, 2.24) is 84.2 Å². The Morgan fingerprint density at radius 2 is 0.807 bits per heavy atom. The number of guanidine groups is 2. The quantitative estimate of drug-likeness (QED) is 0.00642. The maximum Gasteiger partial charge on any atom is 0.246 e. The number of nitrogens with zero attached hydrogens (tertiary/aromatic N) is 4. The molecule has 0 saturated carbocycles. The van der Waals surface area contributed by atoms with Crippen LogP contribution in [0.25, 0.3) is 0 Å². The predicted molar refractivity (Wildman–Crippen MR) is 554 cm³/mol. The maximum absolute atomic E-state index is 14.6. The molecule has 58 heteroatoms. The third-order valence-electron chi connectivity index (χ3n) is 23.1. The van der Waals surface area contributed by atoms with E-state index in [9.17, 15) is 116 Å². The number of nitrogens with one attached hydrogen (secondary N) is 14. The number of carbonyl (C=O) groups excluding carboxylic acids is 22. The number of hydrogen-bond donors (Lipinski definition) is 30. The molecule has 0 radical (unpaired) electrons. The van der Waals surface area contributed by atoms with Crippen molar-refractivity contribution in [3.05, 3.63) is 131 Å². The summed E-state index contributed by atoms with van der Waals surface area (Å²) in [6.45, 7) is -0.826. The number of carbonyl (C=O) groups is 22. The number of primary amides is 6. The van der Waals surface area contributed by atoms with Gasteiger partial charge in [0.05, 0.1) is 38.0 Å². The van der Waals surface area contributed by atoms with Gasteiger partial charge in [0.25, 0.3) is 0 Å². The summed E-state index contributed by atoms with van der Waals surface area (Å²) < 4.78 is 0. The van der Waals surface area contributed by atoms with Crippen LogP contribution in [0.5, 0.6) is 11.5 Å². The van der Waals surface area contributed by atoms with E-state index < -0.39 is 278 Å². The molecule has 4 aromatic rings. The molecule has 16 atom stereocenters. The summed E-state index contributed by atoms with van der Waals surface area (Å²) in [6, 6.07) is 5.76. The van der Waals surface area contributed by atoms with E-state index in [0.717, 1.165) is 26.5 Å². The maximum atomic E-state index is 14.6. The summed E-state index contributed by atoms with van der Waals surface area (Å²) in [4.78, 5) is 304. The number of hydrogen-bond acceptors (Lipinski definition) is 32. The van der Waals surface area contributed by atoms with Crippen LogP contribution in [-0.2, 0) is 131 Å². The summed E-state index contributed by atoms with van der Waals surface area (Å²) in [5, 5.41) is 54.8. The lowest BCUT2D eigenvalue weighted by molar-refractivity contribution is -0.142. The van der Waals surface area contributed by atoms with Crippen molar-refractivity contribution in [3.8, 4) is 11.5 Å². The normalized spacial score (nSPS) is 19.1. The van der Waals surface area contributed by atoms with E-state index in [1.165, 1.54) is 53.4 Å². The first-order valence-electron chi connectivity index (χ1n) is 47.4. The monoisotopic (exact) mass is 2170 g/mol. The number of likely N-dealkylation sites (tertiary alicyclic amines) is 2. The number of aromatic hydroxyl groups is 2. The van der Waals surface area contributed by atoms with Crippen molar-refractivity contribution >= 4 is 189 Å². The van der Waals surface area contributed by atoms with Crippen molar-refractivity contribution in [2.24, 2.45) is 78.8 Å². The van der Waals surface area contributed by atoms with Gasteiger partial charge in [-0.2, -0.15) is 25.3 Å². The van der Waals surface area contributed by atoms with Gasteiger partial charge in [-0.25, -0.2) is 0 Å². The first-order valence-corrected chi connectivity index (χ1v) is 51.1. The van der Waals surface area contributed by atoms with Crippen LogP contribution < -0.4 is 143 Å². The number of thiol groups is 2. The molecule has 0 aliphatic carbocycles. The van der Waals surface area contributed by atoms with Gasteiger partial charge in [-0.1, -0.05) is 107 Å². The van der Waals surface area contributed by atoms with Gasteiger partial charge in [-0.15, -0.1) is 0 Å². The highest BCUT2D eigenvalue weighted by atomic mass is 33.1. The second-order valence-corrected chi connectivity index (χ2v) is 38.3. The summed E-state index contributed by atoms with van der Waals surface area (Å²) in [7, 11) is 1.99. The van der Waals surface area contributed by atoms with Crippen molar-refractivity contribution in [1.29, 1.82) is 0 Å². The lowest BCUT2D eigenvalue weighted by Crippen LogP contribution is -2.61. The lowest BCUT2D eigenvalue weighted by atomic mass is 10.0. The van der Waals surface area contributed by atoms with Crippen molar-refractivity contribution in [2.45, 2.75) is 212 Å². The summed E-state index contributed by atoms with van der Waals surface area (Å²) >= 11 is 8.30. The van der Waals surface area contributed by atoms with Crippen LogP contribution >= 0.6 is 46.8 Å². The predicted octanol–water partition coefficient (Wildman–Crippen LogP) is -11.3. The second kappa shape index (κ2) is 63.4. The van der Waals surface area contributed by atoms with Crippen LogP contribution in [0.3, 0.4) is 0 Å². The number of phenolic OH excluding ortho intramolecular Hbond substituents is 2. The fourth-order valence-electron chi connectivity index (χ4n) is 15.4. The molecular weight excluding hydrogens is 2040 g/mol. The molecule has 3 aliphatic heterocycles. The smallest absolute Gasteiger partial charge is 0.246 e. The van der Waals surface area contributed by atoms with E-state index in [1.54, 1.807) is 60.7 Å². The molecule has 40 N–H and O–H groups in total. The lowest BCUT2D eigenvalue weighted by Gasteiger charge is -2.31. The zero-order valence-corrected chi connectivity index (χ0v) is 85.2.